The van der Waals surface area contributed by atoms with Gasteiger partial charge >= 0.3 is 0 Å². The number of halogens is 1. The maximum Gasteiger partial charge on any atom is 0.107 e. The first kappa shape index (κ1) is 34.6. The summed E-state index contributed by atoms with van der Waals surface area (Å²) >= 11 is 0. The molecule has 0 bridgehead atoms. The van der Waals surface area contributed by atoms with E-state index in [-0.39, 0.29) is 17.0 Å². The molecule has 0 heterocycles. The Morgan fingerprint density at radius 2 is 0.656 bits per heavy atom. The van der Waals surface area contributed by atoms with Gasteiger partial charge in [0.25, 0.3) is 0 Å². The highest BCUT2D eigenvalue weighted by atomic mass is 79.9. The van der Waals surface area contributed by atoms with E-state index in [1.165, 1.54) is 166 Å². The molecule has 0 aliphatic carbocycles. The van der Waals surface area contributed by atoms with E-state index in [1.54, 1.807) is 0 Å². The predicted octanol–water partition coefficient (Wildman–Crippen LogP) is 5.84. The van der Waals surface area contributed by atoms with E-state index in [4.69, 9.17) is 4.84 Å². The largest absolute Gasteiger partial charge is 1.00 e. The molecule has 0 aromatic rings. The number of rotatable bonds is 27. The van der Waals surface area contributed by atoms with Gasteiger partial charge in [-0.1, -0.05) is 136 Å². The molecule has 0 amide bonds. The third kappa shape index (κ3) is 28.4. The van der Waals surface area contributed by atoms with Gasteiger partial charge in [-0.2, -0.15) is 5.06 Å². The van der Waals surface area contributed by atoms with E-state index in [2.05, 4.69) is 20.8 Å². The molecular formula is C29H62BrNO. The summed E-state index contributed by atoms with van der Waals surface area (Å²) in [7, 11) is 0. The second kappa shape index (κ2) is 31.4. The molecule has 0 aliphatic rings. The molecule has 0 fully saturated rings. The van der Waals surface area contributed by atoms with Crippen molar-refractivity contribution < 1.29 is 26.9 Å². The standard InChI is InChI=1S/C29H61NO.BrH/c1-4-7-10-11-12-13-14-15-16-17-18-19-20-21-22-23-26-29-31-30(27-24-8-5-2)28-25-9-6-3;/h4-29H2,1-3H3;1H. The number of hydrogen-bond donors (Lipinski definition) is 1. The van der Waals surface area contributed by atoms with Crippen molar-refractivity contribution in [3.8, 4) is 0 Å². The molecule has 32 heavy (non-hydrogen) atoms. The summed E-state index contributed by atoms with van der Waals surface area (Å²) in [6.45, 7) is 10.2. The van der Waals surface area contributed by atoms with Crippen molar-refractivity contribution in [1.82, 2.24) is 0 Å². The van der Waals surface area contributed by atoms with Gasteiger partial charge in [0.2, 0.25) is 0 Å². The van der Waals surface area contributed by atoms with Crippen molar-refractivity contribution in [3.05, 3.63) is 0 Å². The van der Waals surface area contributed by atoms with Crippen LogP contribution in [0.5, 0.6) is 0 Å². The molecule has 0 saturated heterocycles. The lowest BCUT2D eigenvalue weighted by Gasteiger charge is -2.17. The molecule has 3 heteroatoms. The third-order valence-electron chi connectivity index (χ3n) is 6.67. The summed E-state index contributed by atoms with van der Waals surface area (Å²) in [5.74, 6) is 0. The van der Waals surface area contributed by atoms with Gasteiger partial charge in [-0.25, -0.2) is 4.84 Å². The van der Waals surface area contributed by atoms with E-state index in [1.807, 2.05) is 0 Å². The SMILES string of the molecule is CCCCCCCCCCCCCCCCCCCO[NH+](CCCCC)CCCCC.[Br-]. The summed E-state index contributed by atoms with van der Waals surface area (Å²) in [4.78, 5) is 6.18. The Kier molecular flexibility index (Phi) is 33.9. The summed E-state index contributed by atoms with van der Waals surface area (Å²) in [6.07, 6.45) is 32.3. The highest BCUT2D eigenvalue weighted by molar-refractivity contribution is 4.50. The van der Waals surface area contributed by atoms with Gasteiger partial charge in [0, 0.05) is 0 Å². The van der Waals surface area contributed by atoms with Crippen LogP contribution in [0.25, 0.3) is 0 Å². The number of nitrogens with one attached hydrogen (secondary N) is 1. The van der Waals surface area contributed by atoms with Crippen molar-refractivity contribution >= 4 is 0 Å². The average Bonchev–Trinajstić information content (AvgIpc) is 2.78. The Bertz CT molecular complexity index is 304. The lowest BCUT2D eigenvalue weighted by atomic mass is 10.0. The van der Waals surface area contributed by atoms with Crippen molar-refractivity contribution in [2.45, 2.75) is 168 Å². The van der Waals surface area contributed by atoms with Crippen LogP contribution in [-0.4, -0.2) is 19.7 Å². The average molecular weight is 521 g/mol. The molecule has 0 saturated carbocycles. The normalized spacial score (nSPS) is 11.2. The van der Waals surface area contributed by atoms with E-state index in [0.29, 0.717) is 0 Å². The Morgan fingerprint density at radius 1 is 0.375 bits per heavy atom. The quantitative estimate of drug-likeness (QED) is 0.106. The first-order valence-corrected chi connectivity index (χ1v) is 14.8. The van der Waals surface area contributed by atoms with Crippen LogP contribution in [0.4, 0.5) is 0 Å². The maximum absolute atomic E-state index is 6.18. The van der Waals surface area contributed by atoms with Gasteiger partial charge in [0.15, 0.2) is 0 Å². The second-order valence-corrected chi connectivity index (χ2v) is 9.96. The fourth-order valence-electron chi connectivity index (χ4n) is 4.46. The Balaban J connectivity index is 0. The van der Waals surface area contributed by atoms with Gasteiger partial charge in [-0.05, 0) is 32.1 Å². The van der Waals surface area contributed by atoms with Crippen LogP contribution in [0.15, 0.2) is 0 Å². The van der Waals surface area contributed by atoms with Crippen molar-refractivity contribution in [2.24, 2.45) is 0 Å². The van der Waals surface area contributed by atoms with E-state index in [9.17, 15) is 0 Å². The molecule has 0 spiro atoms. The van der Waals surface area contributed by atoms with Crippen LogP contribution in [0, 0.1) is 0 Å². The van der Waals surface area contributed by atoms with Gasteiger partial charge in [0.1, 0.15) is 19.7 Å². The topological polar surface area (TPSA) is 13.7 Å². The maximum atomic E-state index is 6.18. The lowest BCUT2D eigenvalue weighted by molar-refractivity contribution is -1.09. The minimum absolute atomic E-state index is 0. The first-order chi connectivity index (χ1) is 15.3. The van der Waals surface area contributed by atoms with Gasteiger partial charge in [-0.3, -0.25) is 0 Å². The van der Waals surface area contributed by atoms with Gasteiger partial charge in [0.05, 0.1) is 0 Å². The number of hydrogen-bond acceptors (Lipinski definition) is 1. The number of hydroxylamine groups is 2. The van der Waals surface area contributed by atoms with Crippen LogP contribution in [0.2, 0.25) is 0 Å². The Hall–Kier alpha value is 0.400. The zero-order valence-corrected chi connectivity index (χ0v) is 24.3. The molecule has 0 aromatic carbocycles. The van der Waals surface area contributed by atoms with Crippen LogP contribution >= 0.6 is 0 Å². The predicted molar refractivity (Wildman–Crippen MR) is 140 cm³/mol. The Morgan fingerprint density at radius 3 is 1.00 bits per heavy atom. The van der Waals surface area contributed by atoms with Crippen molar-refractivity contribution in [2.75, 3.05) is 19.7 Å². The first-order valence-electron chi connectivity index (χ1n) is 14.8. The molecule has 0 radical (unpaired) electrons. The zero-order valence-electron chi connectivity index (χ0n) is 22.7. The van der Waals surface area contributed by atoms with Crippen LogP contribution < -0.4 is 22.0 Å². The second-order valence-electron chi connectivity index (χ2n) is 9.96. The molecule has 1 N–H and O–H groups in total. The van der Waals surface area contributed by atoms with Crippen molar-refractivity contribution in [1.29, 1.82) is 0 Å². The summed E-state index contributed by atoms with van der Waals surface area (Å²) in [6, 6.07) is 0. The smallest absolute Gasteiger partial charge is 0.107 e. The molecule has 196 valence electrons. The number of unbranched alkanes of at least 4 members (excludes halogenated alkanes) is 20. The molecule has 0 rings (SSSR count). The molecule has 0 unspecified atom stereocenters. The molecule has 0 atom stereocenters. The third-order valence-corrected chi connectivity index (χ3v) is 6.67. The van der Waals surface area contributed by atoms with E-state index < -0.39 is 0 Å². The molecule has 2 nitrogen and oxygen atoms in total. The highest BCUT2D eigenvalue weighted by Crippen LogP contribution is 2.14. The monoisotopic (exact) mass is 519 g/mol. The van der Waals surface area contributed by atoms with Crippen LogP contribution in [0.1, 0.15) is 168 Å². The van der Waals surface area contributed by atoms with Gasteiger partial charge in [-0.15, -0.1) is 0 Å². The molecular weight excluding hydrogens is 458 g/mol. The van der Waals surface area contributed by atoms with E-state index in [0.717, 1.165) is 6.61 Å². The molecule has 0 aromatic heterocycles. The Labute approximate surface area is 214 Å². The van der Waals surface area contributed by atoms with Crippen LogP contribution in [-0.2, 0) is 4.84 Å². The fraction of sp³-hybridized carbons (Fsp3) is 1.00. The van der Waals surface area contributed by atoms with Gasteiger partial charge < -0.3 is 17.0 Å². The van der Waals surface area contributed by atoms with E-state index >= 15 is 0 Å². The van der Waals surface area contributed by atoms with Crippen LogP contribution in [0.3, 0.4) is 0 Å². The minimum atomic E-state index is 0. The highest BCUT2D eigenvalue weighted by Gasteiger charge is 2.08. The van der Waals surface area contributed by atoms with Crippen molar-refractivity contribution in [3.63, 3.8) is 0 Å². The zero-order chi connectivity index (χ0) is 22.7. The molecule has 0 aliphatic heterocycles. The minimum Gasteiger partial charge on any atom is -1.00 e. The summed E-state index contributed by atoms with van der Waals surface area (Å²) in [5, 5.41) is 1.40. The fourth-order valence-corrected chi connectivity index (χ4v) is 4.46. The number of quaternary nitrogens is 1. The summed E-state index contributed by atoms with van der Waals surface area (Å²) in [5.41, 5.74) is 0. The summed E-state index contributed by atoms with van der Waals surface area (Å²) < 4.78 is 0. The lowest BCUT2D eigenvalue weighted by Crippen LogP contribution is -3.11.